The number of amides is 1. The molecule has 178 valence electrons. The van der Waals surface area contributed by atoms with Crippen LogP contribution in [0.4, 0.5) is 5.69 Å². The zero-order valence-corrected chi connectivity index (χ0v) is 20.6. The lowest BCUT2D eigenvalue weighted by molar-refractivity contribution is -0.115. The van der Waals surface area contributed by atoms with Gasteiger partial charge in [-0.05, 0) is 53.6 Å². The van der Waals surface area contributed by atoms with Crippen LogP contribution >= 0.6 is 11.6 Å². The number of hydrogen-bond donors (Lipinski definition) is 1. The van der Waals surface area contributed by atoms with E-state index in [0.717, 1.165) is 11.1 Å². The van der Waals surface area contributed by atoms with Crippen LogP contribution in [0.1, 0.15) is 12.5 Å². The van der Waals surface area contributed by atoms with Gasteiger partial charge in [0.15, 0.2) is 9.84 Å². The van der Waals surface area contributed by atoms with Crippen LogP contribution in [0.5, 0.6) is 11.5 Å². The summed E-state index contributed by atoms with van der Waals surface area (Å²) < 4.78 is 30.1. The van der Waals surface area contributed by atoms with Gasteiger partial charge in [-0.2, -0.15) is 0 Å². The van der Waals surface area contributed by atoms with Gasteiger partial charge < -0.3 is 10.1 Å². The second kappa shape index (κ2) is 10.8. The molecule has 0 saturated carbocycles. The average Bonchev–Trinajstić information content (AvgIpc) is 2.85. The standard InChI is InChI=1S/C28H24ClNO4S/c1-2-35(32,33)25-14-11-20(12-15-25)17-28(31)30-23-13-16-26(21-7-4-3-5-8-21)27(19-23)34-24-10-6-9-22(29)18-24/h3-16,18-19H,2,17H2,1H3,(H,30,31). The zero-order valence-electron chi connectivity index (χ0n) is 19.1. The predicted molar refractivity (Wildman–Crippen MR) is 140 cm³/mol. The minimum Gasteiger partial charge on any atom is -0.457 e. The molecule has 35 heavy (non-hydrogen) atoms. The van der Waals surface area contributed by atoms with Gasteiger partial charge in [-0.1, -0.05) is 67.1 Å². The predicted octanol–water partition coefficient (Wildman–Crippen LogP) is 6.77. The van der Waals surface area contributed by atoms with Gasteiger partial charge in [0.1, 0.15) is 11.5 Å². The molecule has 1 amide bonds. The zero-order chi connectivity index (χ0) is 24.8. The van der Waals surface area contributed by atoms with Gasteiger partial charge in [0.05, 0.1) is 17.1 Å². The van der Waals surface area contributed by atoms with Gasteiger partial charge in [0.2, 0.25) is 5.91 Å². The molecule has 0 unspecified atom stereocenters. The van der Waals surface area contributed by atoms with Crippen molar-refractivity contribution in [3.05, 3.63) is 108 Å². The second-order valence-electron chi connectivity index (χ2n) is 7.91. The topological polar surface area (TPSA) is 72.5 Å². The number of ether oxygens (including phenoxy) is 1. The van der Waals surface area contributed by atoms with Gasteiger partial charge >= 0.3 is 0 Å². The third-order valence-electron chi connectivity index (χ3n) is 5.40. The molecule has 0 heterocycles. The van der Waals surface area contributed by atoms with Crippen LogP contribution in [-0.2, 0) is 21.1 Å². The molecule has 0 radical (unpaired) electrons. The molecule has 0 aromatic heterocycles. The van der Waals surface area contributed by atoms with Crippen LogP contribution < -0.4 is 10.1 Å². The third-order valence-corrected chi connectivity index (χ3v) is 7.39. The van der Waals surface area contributed by atoms with Crippen LogP contribution in [0, 0.1) is 0 Å². The molecule has 0 fully saturated rings. The first kappa shape index (κ1) is 24.5. The average molecular weight is 506 g/mol. The summed E-state index contributed by atoms with van der Waals surface area (Å²) >= 11 is 6.12. The number of nitrogens with one attached hydrogen (secondary N) is 1. The molecule has 4 aromatic carbocycles. The molecule has 0 atom stereocenters. The normalized spacial score (nSPS) is 11.1. The first-order valence-electron chi connectivity index (χ1n) is 11.1. The molecule has 0 aliphatic rings. The Labute approximate surface area is 210 Å². The summed E-state index contributed by atoms with van der Waals surface area (Å²) in [6, 6.07) is 28.8. The van der Waals surface area contributed by atoms with Crippen LogP contribution in [0.3, 0.4) is 0 Å². The fraction of sp³-hybridized carbons (Fsp3) is 0.107. The number of benzene rings is 4. The first-order chi connectivity index (χ1) is 16.8. The van der Waals surface area contributed by atoms with Crippen molar-refractivity contribution in [2.75, 3.05) is 11.1 Å². The van der Waals surface area contributed by atoms with E-state index in [0.29, 0.717) is 27.8 Å². The Bertz CT molecular complexity index is 1440. The van der Waals surface area contributed by atoms with Crippen LogP contribution in [-0.4, -0.2) is 20.1 Å². The number of halogens is 1. The molecule has 0 spiro atoms. The van der Waals surface area contributed by atoms with E-state index in [9.17, 15) is 13.2 Å². The highest BCUT2D eigenvalue weighted by molar-refractivity contribution is 7.91. The van der Waals surface area contributed by atoms with Gasteiger partial charge in [-0.15, -0.1) is 0 Å². The van der Waals surface area contributed by atoms with E-state index in [1.54, 1.807) is 37.3 Å². The quantitative estimate of drug-likeness (QED) is 0.286. The van der Waals surface area contributed by atoms with Gasteiger partial charge in [0, 0.05) is 22.3 Å². The summed E-state index contributed by atoms with van der Waals surface area (Å²) in [4.78, 5) is 13.0. The van der Waals surface area contributed by atoms with Crippen LogP contribution in [0.15, 0.2) is 102 Å². The van der Waals surface area contributed by atoms with E-state index in [1.165, 1.54) is 12.1 Å². The number of hydrogen-bond acceptors (Lipinski definition) is 4. The lowest BCUT2D eigenvalue weighted by atomic mass is 10.0. The Hall–Kier alpha value is -3.61. The van der Waals surface area contributed by atoms with Crippen LogP contribution in [0.2, 0.25) is 5.02 Å². The molecule has 7 heteroatoms. The Morgan fingerprint density at radius 3 is 2.31 bits per heavy atom. The minimum atomic E-state index is -3.28. The molecule has 0 saturated heterocycles. The van der Waals surface area contributed by atoms with E-state index in [4.69, 9.17) is 16.3 Å². The van der Waals surface area contributed by atoms with Crippen LogP contribution in [0.25, 0.3) is 11.1 Å². The van der Waals surface area contributed by atoms with Crippen molar-refractivity contribution in [3.8, 4) is 22.6 Å². The van der Waals surface area contributed by atoms with Crippen molar-refractivity contribution < 1.29 is 17.9 Å². The molecule has 5 nitrogen and oxygen atoms in total. The third kappa shape index (κ3) is 6.29. The SMILES string of the molecule is CCS(=O)(=O)c1ccc(CC(=O)Nc2ccc(-c3ccccc3)c(Oc3cccc(Cl)c3)c2)cc1. The Morgan fingerprint density at radius 1 is 0.886 bits per heavy atom. The van der Waals surface area contributed by atoms with E-state index in [2.05, 4.69) is 5.32 Å². The molecular formula is C28H24ClNO4S. The number of carbonyl (C=O) groups excluding carboxylic acids is 1. The van der Waals surface area contributed by atoms with Crippen molar-refractivity contribution in [2.45, 2.75) is 18.2 Å². The molecule has 0 aliphatic heterocycles. The van der Waals surface area contributed by atoms with Crippen molar-refractivity contribution in [2.24, 2.45) is 0 Å². The Kier molecular flexibility index (Phi) is 7.54. The maximum absolute atomic E-state index is 12.7. The summed E-state index contributed by atoms with van der Waals surface area (Å²) in [5.41, 5.74) is 3.14. The number of carbonyl (C=O) groups is 1. The van der Waals surface area contributed by atoms with E-state index >= 15 is 0 Å². The number of anilines is 1. The Balaban J connectivity index is 1.55. The Morgan fingerprint density at radius 2 is 1.63 bits per heavy atom. The van der Waals surface area contributed by atoms with E-state index in [-0.39, 0.29) is 23.0 Å². The summed E-state index contributed by atoms with van der Waals surface area (Å²) in [6.45, 7) is 1.60. The van der Waals surface area contributed by atoms with E-state index < -0.39 is 9.84 Å². The summed E-state index contributed by atoms with van der Waals surface area (Å²) in [5.74, 6) is 0.966. The monoisotopic (exact) mass is 505 g/mol. The second-order valence-corrected chi connectivity index (χ2v) is 10.6. The van der Waals surface area contributed by atoms with Crippen molar-refractivity contribution in [3.63, 3.8) is 0 Å². The van der Waals surface area contributed by atoms with Gasteiger partial charge in [-0.3, -0.25) is 4.79 Å². The highest BCUT2D eigenvalue weighted by Gasteiger charge is 2.13. The molecule has 0 aliphatic carbocycles. The van der Waals surface area contributed by atoms with Gasteiger partial charge in [-0.25, -0.2) is 8.42 Å². The lowest BCUT2D eigenvalue weighted by Crippen LogP contribution is -2.14. The summed E-state index contributed by atoms with van der Waals surface area (Å²) in [6.07, 6.45) is 0.109. The molecule has 0 bridgehead atoms. The fourth-order valence-electron chi connectivity index (χ4n) is 3.57. The molecular weight excluding hydrogens is 482 g/mol. The van der Waals surface area contributed by atoms with Crippen molar-refractivity contribution in [1.82, 2.24) is 0 Å². The van der Waals surface area contributed by atoms with Gasteiger partial charge in [0.25, 0.3) is 0 Å². The van der Waals surface area contributed by atoms with Crippen molar-refractivity contribution >= 4 is 33.0 Å². The highest BCUT2D eigenvalue weighted by atomic mass is 35.5. The molecule has 4 rings (SSSR count). The summed E-state index contributed by atoms with van der Waals surface area (Å²) in [7, 11) is -3.28. The molecule has 4 aromatic rings. The minimum absolute atomic E-state index is 0.0331. The van der Waals surface area contributed by atoms with E-state index in [1.807, 2.05) is 54.6 Å². The van der Waals surface area contributed by atoms with Crippen molar-refractivity contribution in [1.29, 1.82) is 0 Å². The fourth-order valence-corrected chi connectivity index (χ4v) is 4.63. The highest BCUT2D eigenvalue weighted by Crippen LogP contribution is 2.36. The smallest absolute Gasteiger partial charge is 0.228 e. The first-order valence-corrected chi connectivity index (χ1v) is 13.1. The lowest BCUT2D eigenvalue weighted by Gasteiger charge is -2.14. The maximum Gasteiger partial charge on any atom is 0.228 e. The molecule has 1 N–H and O–H groups in total. The largest absolute Gasteiger partial charge is 0.457 e. The number of rotatable bonds is 8. The summed E-state index contributed by atoms with van der Waals surface area (Å²) in [5, 5.41) is 3.46. The maximum atomic E-state index is 12.7. The number of sulfone groups is 1.